The molecule has 124 valence electrons. The molecule has 0 saturated carbocycles. The fraction of sp³-hybridized carbons (Fsp3) is 0.267. The molecule has 8 heteroatoms. The summed E-state index contributed by atoms with van der Waals surface area (Å²) in [4.78, 5) is 38.7. The van der Waals surface area contributed by atoms with Crippen LogP contribution in [-0.4, -0.2) is 35.9 Å². The number of fused-ring (bicyclic) bond motifs is 1. The molecular formula is C15H19ClN4O3. The molecule has 0 saturated heterocycles. The highest BCUT2D eigenvalue weighted by molar-refractivity contribution is 5.98. The molecule has 23 heavy (non-hydrogen) atoms. The van der Waals surface area contributed by atoms with Gasteiger partial charge in [0.1, 0.15) is 5.56 Å². The number of H-pyrrole nitrogens is 1. The summed E-state index contributed by atoms with van der Waals surface area (Å²) >= 11 is 0. The van der Waals surface area contributed by atoms with Gasteiger partial charge in [-0.05, 0) is 19.1 Å². The molecule has 0 unspecified atom stereocenters. The van der Waals surface area contributed by atoms with E-state index in [4.69, 9.17) is 5.73 Å². The standard InChI is InChI=1S/C15H18N4O3.ClH/c1-9(6-16)19-13(20)8-18-15(22)11-7-17-12-5-3-2-4-10(12)14(11)21;/h2-5,7,9H,6,8,16H2,1H3,(H,17,21)(H,18,22)(H,19,20);1H/t9-;/m0./s1. The average molecular weight is 339 g/mol. The lowest BCUT2D eigenvalue weighted by molar-refractivity contribution is -0.120. The van der Waals surface area contributed by atoms with Crippen LogP contribution in [0, 0.1) is 0 Å². The lowest BCUT2D eigenvalue weighted by Gasteiger charge is -2.11. The first-order valence-electron chi connectivity index (χ1n) is 6.91. The Kier molecular flexibility index (Phi) is 6.74. The highest BCUT2D eigenvalue weighted by Crippen LogP contribution is 2.06. The topological polar surface area (TPSA) is 117 Å². The number of carbonyl (C=O) groups is 2. The fourth-order valence-electron chi connectivity index (χ4n) is 1.98. The zero-order valence-corrected chi connectivity index (χ0v) is 13.4. The molecule has 1 aromatic carbocycles. The molecule has 0 fully saturated rings. The van der Waals surface area contributed by atoms with Gasteiger partial charge in [0.05, 0.1) is 6.54 Å². The average Bonchev–Trinajstić information content (AvgIpc) is 2.53. The monoisotopic (exact) mass is 338 g/mol. The number of pyridine rings is 1. The van der Waals surface area contributed by atoms with Gasteiger partial charge < -0.3 is 21.4 Å². The van der Waals surface area contributed by atoms with Gasteiger partial charge in [0.15, 0.2) is 0 Å². The molecule has 2 aromatic rings. The Bertz CT molecular complexity index is 760. The van der Waals surface area contributed by atoms with Gasteiger partial charge in [0.25, 0.3) is 5.91 Å². The minimum atomic E-state index is -0.595. The molecule has 1 atom stereocenters. The number of nitrogens with one attached hydrogen (secondary N) is 3. The maximum absolute atomic E-state index is 12.2. The van der Waals surface area contributed by atoms with Gasteiger partial charge >= 0.3 is 0 Å². The molecule has 0 aliphatic heterocycles. The van der Waals surface area contributed by atoms with Crippen molar-refractivity contribution in [3.63, 3.8) is 0 Å². The predicted molar refractivity (Wildman–Crippen MR) is 90.8 cm³/mol. The van der Waals surface area contributed by atoms with Crippen molar-refractivity contribution < 1.29 is 9.59 Å². The number of halogens is 1. The number of benzene rings is 1. The van der Waals surface area contributed by atoms with Crippen molar-refractivity contribution in [3.05, 3.63) is 46.2 Å². The summed E-state index contributed by atoms with van der Waals surface area (Å²) in [6.07, 6.45) is 1.35. The van der Waals surface area contributed by atoms with E-state index in [9.17, 15) is 14.4 Å². The second-order valence-electron chi connectivity index (χ2n) is 4.96. The van der Waals surface area contributed by atoms with E-state index >= 15 is 0 Å². The van der Waals surface area contributed by atoms with E-state index in [0.29, 0.717) is 17.4 Å². The normalized spacial score (nSPS) is 11.4. The number of nitrogens with two attached hydrogens (primary N) is 1. The summed E-state index contributed by atoms with van der Waals surface area (Å²) < 4.78 is 0. The second-order valence-corrected chi connectivity index (χ2v) is 4.96. The van der Waals surface area contributed by atoms with Crippen LogP contribution in [0.25, 0.3) is 10.9 Å². The van der Waals surface area contributed by atoms with Gasteiger partial charge in [-0.25, -0.2) is 0 Å². The Labute approximate surface area is 139 Å². The van der Waals surface area contributed by atoms with Crippen LogP contribution in [0.3, 0.4) is 0 Å². The maximum atomic E-state index is 12.2. The first kappa shape index (κ1) is 18.7. The third kappa shape index (κ3) is 4.54. The predicted octanol–water partition coefficient (Wildman–Crippen LogP) is 0.143. The molecule has 2 rings (SSSR count). The Morgan fingerprint density at radius 1 is 1.30 bits per heavy atom. The number of amides is 2. The number of para-hydroxylation sites is 1. The second kappa shape index (κ2) is 8.30. The number of aromatic nitrogens is 1. The van der Waals surface area contributed by atoms with Crippen molar-refractivity contribution >= 4 is 35.1 Å². The molecule has 7 nitrogen and oxygen atoms in total. The summed E-state index contributed by atoms with van der Waals surface area (Å²) in [5.41, 5.74) is 5.64. The summed E-state index contributed by atoms with van der Waals surface area (Å²) in [5, 5.41) is 5.47. The summed E-state index contributed by atoms with van der Waals surface area (Å²) in [6.45, 7) is 1.85. The van der Waals surface area contributed by atoms with E-state index in [0.717, 1.165) is 0 Å². The van der Waals surface area contributed by atoms with Crippen LogP contribution in [0.1, 0.15) is 17.3 Å². The first-order valence-corrected chi connectivity index (χ1v) is 6.91. The fourth-order valence-corrected chi connectivity index (χ4v) is 1.98. The number of carbonyl (C=O) groups excluding carboxylic acids is 2. The quantitative estimate of drug-likeness (QED) is 0.620. The Hall–Kier alpha value is -2.38. The van der Waals surface area contributed by atoms with E-state index in [-0.39, 0.29) is 41.9 Å². The molecule has 0 aliphatic carbocycles. The molecule has 1 heterocycles. The van der Waals surface area contributed by atoms with E-state index in [2.05, 4.69) is 15.6 Å². The number of rotatable bonds is 5. The van der Waals surface area contributed by atoms with Gasteiger partial charge in [-0.3, -0.25) is 14.4 Å². The van der Waals surface area contributed by atoms with Crippen molar-refractivity contribution in [1.29, 1.82) is 0 Å². The number of aromatic amines is 1. The largest absolute Gasteiger partial charge is 0.360 e. The van der Waals surface area contributed by atoms with Gasteiger partial charge in [-0.2, -0.15) is 0 Å². The van der Waals surface area contributed by atoms with Gasteiger partial charge in [0.2, 0.25) is 11.3 Å². The smallest absolute Gasteiger partial charge is 0.257 e. The zero-order valence-electron chi connectivity index (χ0n) is 12.6. The molecule has 0 radical (unpaired) electrons. The van der Waals surface area contributed by atoms with Crippen LogP contribution in [0.15, 0.2) is 35.3 Å². The zero-order chi connectivity index (χ0) is 16.1. The molecule has 0 aliphatic rings. The summed E-state index contributed by atoms with van der Waals surface area (Å²) in [7, 11) is 0. The van der Waals surface area contributed by atoms with Crippen LogP contribution >= 0.6 is 12.4 Å². The van der Waals surface area contributed by atoms with E-state index in [1.54, 1.807) is 31.2 Å². The van der Waals surface area contributed by atoms with Crippen molar-refractivity contribution in [3.8, 4) is 0 Å². The van der Waals surface area contributed by atoms with Crippen molar-refractivity contribution in [1.82, 2.24) is 15.6 Å². The molecule has 0 bridgehead atoms. The number of hydrogen-bond donors (Lipinski definition) is 4. The van der Waals surface area contributed by atoms with Crippen LogP contribution < -0.4 is 21.8 Å². The molecule has 2 amide bonds. The molecule has 0 spiro atoms. The Morgan fingerprint density at radius 2 is 2.00 bits per heavy atom. The molecule has 1 aromatic heterocycles. The third-order valence-corrected chi connectivity index (χ3v) is 3.20. The molecule has 5 N–H and O–H groups in total. The van der Waals surface area contributed by atoms with Crippen LogP contribution in [0.2, 0.25) is 0 Å². The van der Waals surface area contributed by atoms with E-state index in [1.807, 2.05) is 0 Å². The maximum Gasteiger partial charge on any atom is 0.257 e. The summed E-state index contributed by atoms with van der Waals surface area (Å²) in [5.74, 6) is -0.953. The number of hydrogen-bond acceptors (Lipinski definition) is 4. The van der Waals surface area contributed by atoms with Crippen molar-refractivity contribution in [2.45, 2.75) is 13.0 Å². The van der Waals surface area contributed by atoms with Crippen LogP contribution in [0.5, 0.6) is 0 Å². The van der Waals surface area contributed by atoms with Gasteiger partial charge in [-0.1, -0.05) is 12.1 Å². The highest BCUT2D eigenvalue weighted by atomic mass is 35.5. The molecular weight excluding hydrogens is 320 g/mol. The SMILES string of the molecule is C[C@@H](CN)NC(=O)CNC(=O)c1c[nH]c2ccccc2c1=O.Cl. The third-order valence-electron chi connectivity index (χ3n) is 3.20. The van der Waals surface area contributed by atoms with E-state index < -0.39 is 5.91 Å². The first-order chi connectivity index (χ1) is 10.5. The lowest BCUT2D eigenvalue weighted by Crippen LogP contribution is -2.44. The van der Waals surface area contributed by atoms with Gasteiger partial charge in [-0.15, -0.1) is 12.4 Å². The Morgan fingerprint density at radius 3 is 2.70 bits per heavy atom. The minimum Gasteiger partial charge on any atom is -0.360 e. The summed E-state index contributed by atoms with van der Waals surface area (Å²) in [6, 6.07) is 6.73. The van der Waals surface area contributed by atoms with Crippen LogP contribution in [-0.2, 0) is 4.79 Å². The minimum absolute atomic E-state index is 0. The van der Waals surface area contributed by atoms with Crippen molar-refractivity contribution in [2.75, 3.05) is 13.1 Å². The lowest BCUT2D eigenvalue weighted by atomic mass is 10.1. The van der Waals surface area contributed by atoms with Gasteiger partial charge in [0, 0.05) is 29.7 Å². The van der Waals surface area contributed by atoms with Crippen molar-refractivity contribution in [2.24, 2.45) is 5.73 Å². The van der Waals surface area contributed by atoms with E-state index in [1.165, 1.54) is 6.20 Å². The van der Waals surface area contributed by atoms with Crippen LogP contribution in [0.4, 0.5) is 0 Å². The highest BCUT2D eigenvalue weighted by Gasteiger charge is 2.14. The Balaban J connectivity index is 0.00000264.